The number of anilines is 1. The normalized spacial score (nSPS) is 16.5. The van der Waals surface area contributed by atoms with Gasteiger partial charge < -0.3 is 14.5 Å². The number of carbonyl (C=O) groups is 1. The lowest BCUT2D eigenvalue weighted by atomic mass is 10.0. The summed E-state index contributed by atoms with van der Waals surface area (Å²) in [6.07, 6.45) is 2.04. The van der Waals surface area contributed by atoms with Crippen LogP contribution in [0.1, 0.15) is 33.6 Å². The molecule has 22 heavy (non-hydrogen) atoms. The van der Waals surface area contributed by atoms with E-state index in [-0.39, 0.29) is 5.92 Å². The number of hydrogen-bond donors (Lipinski definition) is 0. The van der Waals surface area contributed by atoms with Crippen LogP contribution in [0.3, 0.4) is 0 Å². The summed E-state index contributed by atoms with van der Waals surface area (Å²) in [7, 11) is 0. The fourth-order valence-corrected chi connectivity index (χ4v) is 3.03. The van der Waals surface area contributed by atoms with Gasteiger partial charge in [-0.1, -0.05) is 32.4 Å². The van der Waals surface area contributed by atoms with Gasteiger partial charge in [-0.3, -0.25) is 4.79 Å². The van der Waals surface area contributed by atoms with Crippen LogP contribution in [0, 0.1) is 5.92 Å². The van der Waals surface area contributed by atoms with E-state index < -0.39 is 0 Å². The lowest BCUT2D eigenvalue weighted by Gasteiger charge is -2.37. The van der Waals surface area contributed by atoms with Crippen LogP contribution in [0.25, 0.3) is 0 Å². The van der Waals surface area contributed by atoms with Crippen molar-refractivity contribution in [1.29, 1.82) is 0 Å². The Balaban J connectivity index is 1.96. The summed E-state index contributed by atoms with van der Waals surface area (Å²) in [4.78, 5) is 16.7. The number of amides is 1. The van der Waals surface area contributed by atoms with Crippen molar-refractivity contribution in [3.8, 4) is 5.75 Å². The minimum absolute atomic E-state index is 0.146. The molecule has 1 atom stereocenters. The second-order valence-corrected chi connectivity index (χ2v) is 5.90. The molecule has 1 heterocycles. The zero-order valence-corrected chi connectivity index (χ0v) is 14.0. The second kappa shape index (κ2) is 8.06. The highest BCUT2D eigenvalue weighted by atomic mass is 16.5. The third-order valence-electron chi connectivity index (χ3n) is 4.24. The Labute approximate surface area is 134 Å². The van der Waals surface area contributed by atoms with Crippen molar-refractivity contribution in [1.82, 2.24) is 4.90 Å². The predicted molar refractivity (Wildman–Crippen MR) is 90.5 cm³/mol. The van der Waals surface area contributed by atoms with E-state index in [1.165, 1.54) is 0 Å². The summed E-state index contributed by atoms with van der Waals surface area (Å²) in [6, 6.07) is 8.15. The van der Waals surface area contributed by atoms with E-state index in [1.54, 1.807) is 0 Å². The highest BCUT2D eigenvalue weighted by molar-refractivity contribution is 5.78. The van der Waals surface area contributed by atoms with Crippen LogP contribution < -0.4 is 9.64 Å². The van der Waals surface area contributed by atoms with Gasteiger partial charge in [-0.05, 0) is 25.5 Å². The van der Waals surface area contributed by atoms with E-state index in [0.29, 0.717) is 12.5 Å². The Morgan fingerprint density at radius 2 is 1.86 bits per heavy atom. The van der Waals surface area contributed by atoms with Gasteiger partial charge in [0.25, 0.3) is 0 Å². The molecule has 2 rings (SSSR count). The Hall–Kier alpha value is -1.71. The zero-order valence-electron chi connectivity index (χ0n) is 14.0. The van der Waals surface area contributed by atoms with E-state index in [0.717, 1.165) is 50.5 Å². The second-order valence-electron chi connectivity index (χ2n) is 5.90. The van der Waals surface area contributed by atoms with Gasteiger partial charge in [0.15, 0.2) is 0 Å². The average Bonchev–Trinajstić information content (AvgIpc) is 2.55. The Kier molecular flexibility index (Phi) is 6.10. The summed E-state index contributed by atoms with van der Waals surface area (Å²) in [6.45, 7) is 10.2. The van der Waals surface area contributed by atoms with Crippen LogP contribution in [-0.4, -0.2) is 43.6 Å². The van der Waals surface area contributed by atoms with Crippen molar-refractivity contribution in [3.05, 3.63) is 24.3 Å². The largest absolute Gasteiger partial charge is 0.492 e. The molecule has 1 amide bonds. The van der Waals surface area contributed by atoms with Crippen LogP contribution in [0.15, 0.2) is 24.3 Å². The number of benzene rings is 1. The molecular weight excluding hydrogens is 276 g/mol. The highest BCUT2D eigenvalue weighted by Crippen LogP contribution is 2.29. The van der Waals surface area contributed by atoms with E-state index in [9.17, 15) is 4.79 Å². The summed E-state index contributed by atoms with van der Waals surface area (Å²) in [5, 5.41) is 0. The SMILES string of the molecule is CCCC(C)C(=O)N1CCN(c2ccccc2OCC)CC1. The standard InChI is InChI=1S/C18H28N2O2/c1-4-8-15(3)18(21)20-13-11-19(12-14-20)16-9-6-7-10-17(16)22-5-2/h6-7,9-10,15H,4-5,8,11-14H2,1-3H3. The fourth-order valence-electron chi connectivity index (χ4n) is 3.03. The number of piperazine rings is 1. The molecule has 0 N–H and O–H groups in total. The topological polar surface area (TPSA) is 32.8 Å². The van der Waals surface area contributed by atoms with Gasteiger partial charge in [-0.2, -0.15) is 0 Å². The number of para-hydroxylation sites is 2. The van der Waals surface area contributed by atoms with Gasteiger partial charge in [0.05, 0.1) is 12.3 Å². The minimum Gasteiger partial charge on any atom is -0.492 e. The molecule has 4 heteroatoms. The maximum atomic E-state index is 12.4. The van der Waals surface area contributed by atoms with E-state index in [4.69, 9.17) is 4.74 Å². The molecule has 1 aliphatic rings. The van der Waals surface area contributed by atoms with E-state index >= 15 is 0 Å². The summed E-state index contributed by atoms with van der Waals surface area (Å²) in [5.74, 6) is 1.39. The summed E-state index contributed by atoms with van der Waals surface area (Å²) >= 11 is 0. The smallest absolute Gasteiger partial charge is 0.225 e. The molecule has 0 aliphatic carbocycles. The predicted octanol–water partition coefficient (Wildman–Crippen LogP) is 3.17. The molecular formula is C18H28N2O2. The van der Waals surface area contributed by atoms with Crippen molar-refractivity contribution in [2.24, 2.45) is 5.92 Å². The molecule has 0 aromatic heterocycles. The van der Waals surface area contributed by atoms with Crippen LogP contribution in [0.2, 0.25) is 0 Å². The monoisotopic (exact) mass is 304 g/mol. The van der Waals surface area contributed by atoms with Crippen molar-refractivity contribution >= 4 is 11.6 Å². The molecule has 0 bridgehead atoms. The number of hydrogen-bond acceptors (Lipinski definition) is 3. The first-order valence-corrected chi connectivity index (χ1v) is 8.42. The van der Waals surface area contributed by atoms with Crippen molar-refractivity contribution < 1.29 is 9.53 Å². The van der Waals surface area contributed by atoms with Crippen molar-refractivity contribution in [2.75, 3.05) is 37.7 Å². The molecule has 1 fully saturated rings. The third-order valence-corrected chi connectivity index (χ3v) is 4.24. The Morgan fingerprint density at radius 1 is 1.18 bits per heavy atom. The lowest BCUT2D eigenvalue weighted by Crippen LogP contribution is -2.50. The summed E-state index contributed by atoms with van der Waals surface area (Å²) < 4.78 is 5.71. The first kappa shape index (κ1) is 16.7. The van der Waals surface area contributed by atoms with Crippen molar-refractivity contribution in [2.45, 2.75) is 33.6 Å². The lowest BCUT2D eigenvalue weighted by molar-refractivity contribution is -0.135. The van der Waals surface area contributed by atoms with Gasteiger partial charge in [0, 0.05) is 32.1 Å². The zero-order chi connectivity index (χ0) is 15.9. The number of carbonyl (C=O) groups excluding carboxylic acids is 1. The third kappa shape index (κ3) is 3.93. The number of nitrogens with zero attached hydrogens (tertiary/aromatic N) is 2. The van der Waals surface area contributed by atoms with Crippen molar-refractivity contribution in [3.63, 3.8) is 0 Å². The quantitative estimate of drug-likeness (QED) is 0.809. The van der Waals surface area contributed by atoms with Gasteiger partial charge in [0.1, 0.15) is 5.75 Å². The molecule has 1 unspecified atom stereocenters. The van der Waals surface area contributed by atoms with Gasteiger partial charge >= 0.3 is 0 Å². The molecule has 122 valence electrons. The fraction of sp³-hybridized carbons (Fsp3) is 0.611. The molecule has 4 nitrogen and oxygen atoms in total. The van der Waals surface area contributed by atoms with E-state index in [2.05, 4.69) is 17.9 Å². The molecule has 1 aliphatic heterocycles. The van der Waals surface area contributed by atoms with Crippen LogP contribution in [-0.2, 0) is 4.79 Å². The first-order valence-electron chi connectivity index (χ1n) is 8.42. The maximum Gasteiger partial charge on any atom is 0.225 e. The maximum absolute atomic E-state index is 12.4. The van der Waals surface area contributed by atoms with Gasteiger partial charge in [-0.25, -0.2) is 0 Å². The Morgan fingerprint density at radius 3 is 2.50 bits per heavy atom. The minimum atomic E-state index is 0.146. The molecule has 0 saturated carbocycles. The number of rotatable bonds is 6. The first-order chi connectivity index (χ1) is 10.7. The van der Waals surface area contributed by atoms with Crippen LogP contribution >= 0.6 is 0 Å². The van der Waals surface area contributed by atoms with Gasteiger partial charge in [-0.15, -0.1) is 0 Å². The average molecular weight is 304 g/mol. The molecule has 1 saturated heterocycles. The molecule has 1 aromatic rings. The molecule has 0 radical (unpaired) electrons. The molecule has 1 aromatic carbocycles. The van der Waals surface area contributed by atoms with Crippen LogP contribution in [0.4, 0.5) is 5.69 Å². The Bertz CT molecular complexity index is 482. The number of ether oxygens (including phenoxy) is 1. The highest BCUT2D eigenvalue weighted by Gasteiger charge is 2.25. The molecule has 0 spiro atoms. The van der Waals surface area contributed by atoms with Gasteiger partial charge in [0.2, 0.25) is 5.91 Å². The summed E-state index contributed by atoms with van der Waals surface area (Å²) in [5.41, 5.74) is 1.14. The van der Waals surface area contributed by atoms with Crippen LogP contribution in [0.5, 0.6) is 5.75 Å². The van der Waals surface area contributed by atoms with E-state index in [1.807, 2.05) is 36.9 Å².